The summed E-state index contributed by atoms with van der Waals surface area (Å²) in [4.78, 5) is 32.4. The van der Waals surface area contributed by atoms with Crippen molar-refractivity contribution in [2.75, 3.05) is 0 Å². The Kier molecular flexibility index (Phi) is 3.66. The van der Waals surface area contributed by atoms with Gasteiger partial charge in [0.2, 0.25) is 0 Å². The molecule has 22 heavy (non-hydrogen) atoms. The Morgan fingerprint density at radius 2 is 1.64 bits per heavy atom. The molecule has 0 aromatic carbocycles. The zero-order chi connectivity index (χ0) is 16.9. The van der Waals surface area contributed by atoms with Gasteiger partial charge in [-0.3, -0.25) is 4.79 Å². The molecular weight excluding hydrogens is 316 g/mol. The highest BCUT2D eigenvalue weighted by Crippen LogP contribution is 2.46. The summed E-state index contributed by atoms with van der Waals surface area (Å²) in [5, 5.41) is 19.1. The van der Waals surface area contributed by atoms with Crippen LogP contribution in [0.2, 0.25) is 0 Å². The molecule has 0 aliphatic heterocycles. The second-order valence-electron chi connectivity index (χ2n) is 5.12. The normalized spacial score (nSPS) is 30.4. The predicted molar refractivity (Wildman–Crippen MR) is 56.6 cm³/mol. The highest BCUT2D eigenvalue weighted by Gasteiger charge is 2.66. The molecule has 2 rings (SSSR count). The molecule has 0 heterocycles. The van der Waals surface area contributed by atoms with Crippen LogP contribution in [0.3, 0.4) is 0 Å². The van der Waals surface area contributed by atoms with Gasteiger partial charge in [0, 0.05) is 5.92 Å². The Morgan fingerprint density at radius 3 is 2.14 bits per heavy atom. The highest BCUT2D eigenvalue weighted by atomic mass is 19.3. The minimum Gasteiger partial charge on any atom is -0.544 e. The summed E-state index contributed by atoms with van der Waals surface area (Å²) in [6, 6.07) is 0. The predicted octanol–water partition coefficient (Wildman–Crippen LogP) is -0.175. The molecule has 1 N–H and O–H groups in total. The van der Waals surface area contributed by atoms with E-state index >= 15 is 0 Å². The van der Waals surface area contributed by atoms with Gasteiger partial charge in [0.1, 0.15) is 18.0 Å². The lowest BCUT2D eigenvalue weighted by atomic mass is 9.91. The van der Waals surface area contributed by atoms with Gasteiger partial charge in [0.25, 0.3) is 0 Å². The van der Waals surface area contributed by atoms with Crippen molar-refractivity contribution in [2.45, 2.75) is 24.4 Å². The van der Waals surface area contributed by atoms with Crippen molar-refractivity contribution in [2.24, 2.45) is 17.8 Å². The first kappa shape index (κ1) is 16.2. The number of alkyl halides is 4. The maximum Gasteiger partial charge on any atom is 0.410 e. The van der Waals surface area contributed by atoms with Crippen molar-refractivity contribution in [3.63, 3.8) is 0 Å². The summed E-state index contributed by atoms with van der Waals surface area (Å²) < 4.78 is 56.4. The number of hydrogen-bond acceptors (Lipinski definition) is 5. The number of aliphatic carboxylic acids is 2. The van der Waals surface area contributed by atoms with E-state index in [9.17, 15) is 37.1 Å². The first-order valence-corrected chi connectivity index (χ1v) is 6.09. The van der Waals surface area contributed by atoms with Gasteiger partial charge in [0.05, 0.1) is 0 Å². The molecule has 1 fully saturated rings. The molecule has 2 aliphatic rings. The zero-order valence-electron chi connectivity index (χ0n) is 10.7. The van der Waals surface area contributed by atoms with Crippen LogP contribution in [-0.2, 0) is 19.1 Å². The van der Waals surface area contributed by atoms with E-state index in [1.165, 1.54) is 12.2 Å². The lowest BCUT2D eigenvalue weighted by Gasteiger charge is -2.29. The van der Waals surface area contributed by atoms with Crippen LogP contribution in [0.25, 0.3) is 0 Å². The number of fused-ring (bicyclic) bond motifs is 2. The maximum absolute atomic E-state index is 13.3. The zero-order valence-corrected chi connectivity index (χ0v) is 10.7. The van der Waals surface area contributed by atoms with Crippen LogP contribution in [0, 0.1) is 17.8 Å². The largest absolute Gasteiger partial charge is 0.544 e. The van der Waals surface area contributed by atoms with Crippen LogP contribution in [0.15, 0.2) is 12.2 Å². The Bertz CT molecular complexity index is 558. The van der Waals surface area contributed by atoms with Crippen molar-refractivity contribution in [1.29, 1.82) is 0 Å². The lowest BCUT2D eigenvalue weighted by Crippen LogP contribution is -2.58. The molecule has 2 bridgehead atoms. The fraction of sp³-hybridized carbons (Fsp3) is 0.583. The van der Waals surface area contributed by atoms with Crippen LogP contribution in [0.1, 0.15) is 6.42 Å². The molecule has 122 valence electrons. The molecule has 0 amide bonds. The lowest BCUT2D eigenvalue weighted by molar-refractivity contribution is -0.346. The Balaban J connectivity index is 2.20. The minimum absolute atomic E-state index is 0.220. The van der Waals surface area contributed by atoms with E-state index in [1.54, 1.807) is 0 Å². The standard InChI is InChI=1S/C12H10F4O6/c13-11(14,9(19)20)12(15,16)10(21)22-7-5-2-1-4(3-5)6(7)8(17)18/h1-2,4-7H,3H2,(H,17,18)(H,19,20)/p-1. The van der Waals surface area contributed by atoms with Gasteiger partial charge in [0.15, 0.2) is 0 Å². The number of hydrogen-bond donors (Lipinski definition) is 1. The van der Waals surface area contributed by atoms with Crippen LogP contribution in [0.4, 0.5) is 17.6 Å². The summed E-state index contributed by atoms with van der Waals surface area (Å²) in [7, 11) is 0. The quantitative estimate of drug-likeness (QED) is 0.427. The number of rotatable bonds is 5. The number of halogens is 4. The van der Waals surface area contributed by atoms with E-state index in [2.05, 4.69) is 4.74 Å². The fourth-order valence-electron chi connectivity index (χ4n) is 2.72. The van der Waals surface area contributed by atoms with Gasteiger partial charge >= 0.3 is 23.8 Å². The van der Waals surface area contributed by atoms with E-state index in [0.29, 0.717) is 0 Å². The van der Waals surface area contributed by atoms with Crippen LogP contribution in [-0.4, -0.2) is 41.0 Å². The highest BCUT2D eigenvalue weighted by molar-refractivity contribution is 5.88. The van der Waals surface area contributed by atoms with Gasteiger partial charge < -0.3 is 19.7 Å². The molecule has 2 aliphatic carbocycles. The summed E-state index contributed by atoms with van der Waals surface area (Å²) in [6.07, 6.45) is 1.62. The van der Waals surface area contributed by atoms with Crippen molar-refractivity contribution >= 4 is 17.9 Å². The van der Waals surface area contributed by atoms with Gasteiger partial charge in [-0.15, -0.1) is 0 Å². The third-order valence-corrected chi connectivity index (χ3v) is 3.82. The molecule has 0 aromatic rings. The van der Waals surface area contributed by atoms with E-state index in [1.807, 2.05) is 0 Å². The third kappa shape index (κ3) is 2.22. The summed E-state index contributed by atoms with van der Waals surface area (Å²) >= 11 is 0. The van der Waals surface area contributed by atoms with Crippen molar-refractivity contribution in [3.8, 4) is 0 Å². The number of carboxylic acids is 2. The number of carboxylic acid groups (broad SMARTS) is 2. The number of ether oxygens (including phenoxy) is 1. The molecule has 0 aromatic heterocycles. The van der Waals surface area contributed by atoms with Crippen LogP contribution < -0.4 is 5.11 Å². The number of esters is 1. The first-order valence-electron chi connectivity index (χ1n) is 6.09. The van der Waals surface area contributed by atoms with E-state index in [-0.39, 0.29) is 6.42 Å². The Labute approximate surface area is 120 Å². The average Bonchev–Trinajstić information content (AvgIpc) is 2.98. The van der Waals surface area contributed by atoms with E-state index in [0.717, 1.165) is 0 Å². The number of carbonyl (C=O) groups excluding carboxylic acids is 2. The minimum atomic E-state index is -5.77. The van der Waals surface area contributed by atoms with Crippen LogP contribution >= 0.6 is 0 Å². The molecule has 1 saturated carbocycles. The van der Waals surface area contributed by atoms with Crippen LogP contribution in [0.5, 0.6) is 0 Å². The Morgan fingerprint density at radius 1 is 1.09 bits per heavy atom. The molecule has 4 atom stereocenters. The Hall–Kier alpha value is -2.13. The smallest absolute Gasteiger partial charge is 0.410 e. The topological polar surface area (TPSA) is 104 Å². The fourth-order valence-corrected chi connectivity index (χ4v) is 2.72. The van der Waals surface area contributed by atoms with Gasteiger partial charge in [-0.2, -0.15) is 17.6 Å². The van der Waals surface area contributed by atoms with Gasteiger partial charge in [-0.05, 0) is 12.3 Å². The molecule has 4 unspecified atom stereocenters. The second-order valence-corrected chi connectivity index (χ2v) is 5.12. The maximum atomic E-state index is 13.3. The number of carbonyl (C=O) groups is 3. The number of allylic oxidation sites excluding steroid dienone is 1. The average molecular weight is 325 g/mol. The third-order valence-electron chi connectivity index (χ3n) is 3.82. The van der Waals surface area contributed by atoms with E-state index in [4.69, 9.17) is 5.11 Å². The second kappa shape index (κ2) is 4.96. The van der Waals surface area contributed by atoms with E-state index < -0.39 is 53.6 Å². The van der Waals surface area contributed by atoms with Gasteiger partial charge in [-0.1, -0.05) is 12.2 Å². The molecule has 0 saturated heterocycles. The molecular formula is C12H9F4O6-. The molecule has 10 heteroatoms. The monoisotopic (exact) mass is 325 g/mol. The molecule has 0 spiro atoms. The molecule has 6 nitrogen and oxygen atoms in total. The SMILES string of the molecule is O=C(O)C1C2C=CC(C2)C1OC(=O)C(F)(F)C(F)(F)C(=O)[O-]. The van der Waals surface area contributed by atoms with Crippen molar-refractivity contribution in [3.05, 3.63) is 12.2 Å². The summed E-state index contributed by atoms with van der Waals surface area (Å²) in [5.41, 5.74) is 0. The van der Waals surface area contributed by atoms with Gasteiger partial charge in [-0.25, -0.2) is 4.79 Å². The first-order chi connectivity index (χ1) is 10.00. The van der Waals surface area contributed by atoms with Crippen molar-refractivity contribution in [1.82, 2.24) is 0 Å². The van der Waals surface area contributed by atoms with Crippen molar-refractivity contribution < 1.29 is 46.9 Å². The summed E-state index contributed by atoms with van der Waals surface area (Å²) in [6.45, 7) is 0. The molecule has 0 radical (unpaired) electrons. The summed E-state index contributed by atoms with van der Waals surface area (Å²) in [5.74, 6) is -21.7.